The molecule has 0 aliphatic heterocycles. The number of hydrogen-bond donors (Lipinski definition) is 1. The summed E-state index contributed by atoms with van der Waals surface area (Å²) in [6.45, 7) is 2.05. The maximum absolute atomic E-state index is 12.6. The highest BCUT2D eigenvalue weighted by molar-refractivity contribution is 7.91. The van der Waals surface area contributed by atoms with Crippen molar-refractivity contribution in [1.82, 2.24) is 0 Å². The van der Waals surface area contributed by atoms with Gasteiger partial charge in [-0.05, 0) is 25.1 Å². The zero-order valence-corrected chi connectivity index (χ0v) is 11.5. The molecule has 2 aromatic rings. The smallest absolute Gasteiger partial charge is 0.341 e. The van der Waals surface area contributed by atoms with E-state index in [1.165, 1.54) is 18.4 Å². The summed E-state index contributed by atoms with van der Waals surface area (Å²) in [7, 11) is -4.63. The van der Waals surface area contributed by atoms with E-state index >= 15 is 0 Å². The molecular formula is C13H13F2NO3S. The van der Waals surface area contributed by atoms with Crippen LogP contribution in [-0.2, 0) is 16.4 Å². The molecule has 0 bridgehead atoms. The largest absolute Gasteiger partial charge is 0.469 e. The Morgan fingerprint density at radius 1 is 1.25 bits per heavy atom. The number of furan rings is 1. The zero-order valence-electron chi connectivity index (χ0n) is 10.6. The lowest BCUT2D eigenvalue weighted by Crippen LogP contribution is -2.14. The highest BCUT2D eigenvalue weighted by atomic mass is 32.2. The third-order valence-corrected chi connectivity index (χ3v) is 4.30. The second kappa shape index (κ2) is 5.62. The fourth-order valence-electron chi connectivity index (χ4n) is 1.74. The average Bonchev–Trinajstić information content (AvgIpc) is 2.82. The van der Waals surface area contributed by atoms with Gasteiger partial charge in [0.05, 0.1) is 16.8 Å². The van der Waals surface area contributed by atoms with Gasteiger partial charge in [0, 0.05) is 12.1 Å². The molecule has 0 unspecified atom stereocenters. The monoisotopic (exact) mass is 301 g/mol. The molecule has 20 heavy (non-hydrogen) atoms. The van der Waals surface area contributed by atoms with Crippen LogP contribution in [0.4, 0.5) is 14.5 Å². The van der Waals surface area contributed by atoms with Crippen LogP contribution in [0.5, 0.6) is 0 Å². The van der Waals surface area contributed by atoms with Crippen LogP contribution < -0.4 is 5.32 Å². The molecule has 0 aliphatic carbocycles. The molecule has 0 radical (unpaired) electrons. The summed E-state index contributed by atoms with van der Waals surface area (Å²) in [5.41, 5.74) is 0.975. The fourth-order valence-corrected chi connectivity index (χ4v) is 2.65. The molecule has 0 atom stereocenters. The van der Waals surface area contributed by atoms with Gasteiger partial charge in [-0.1, -0.05) is 12.1 Å². The number of alkyl halides is 2. The average molecular weight is 301 g/mol. The summed E-state index contributed by atoms with van der Waals surface area (Å²) >= 11 is 0. The van der Waals surface area contributed by atoms with Gasteiger partial charge in [-0.25, -0.2) is 8.42 Å². The lowest BCUT2D eigenvalue weighted by atomic mass is 10.2. The van der Waals surface area contributed by atoms with Crippen molar-refractivity contribution in [2.75, 3.05) is 5.32 Å². The zero-order chi connectivity index (χ0) is 14.8. The van der Waals surface area contributed by atoms with E-state index in [1.807, 2.05) is 0 Å². The van der Waals surface area contributed by atoms with Gasteiger partial charge in [0.2, 0.25) is 9.84 Å². The minimum atomic E-state index is -4.63. The predicted molar refractivity (Wildman–Crippen MR) is 70.4 cm³/mol. The van der Waals surface area contributed by atoms with E-state index in [9.17, 15) is 17.2 Å². The van der Waals surface area contributed by atoms with E-state index in [0.29, 0.717) is 5.76 Å². The molecule has 4 nitrogen and oxygen atoms in total. The first-order valence-corrected chi connectivity index (χ1v) is 7.35. The molecule has 0 aliphatic rings. The molecule has 2 rings (SSSR count). The summed E-state index contributed by atoms with van der Waals surface area (Å²) in [5.74, 6) is -2.76. The third-order valence-electron chi connectivity index (χ3n) is 2.86. The number of benzene rings is 1. The molecule has 0 saturated carbocycles. The Kier molecular flexibility index (Phi) is 4.08. The van der Waals surface area contributed by atoms with Gasteiger partial charge >= 0.3 is 5.76 Å². The van der Waals surface area contributed by atoms with Crippen molar-refractivity contribution in [3.63, 3.8) is 0 Å². The number of rotatable bonds is 5. The number of sulfone groups is 1. The number of halogens is 2. The van der Waals surface area contributed by atoms with Crippen molar-refractivity contribution in [3.05, 3.63) is 47.9 Å². The topological polar surface area (TPSA) is 59.3 Å². The second-order valence-electron chi connectivity index (χ2n) is 4.16. The number of aryl methyl sites for hydroxylation is 1. The number of para-hydroxylation sites is 1. The Balaban J connectivity index is 2.28. The van der Waals surface area contributed by atoms with Gasteiger partial charge in [0.15, 0.2) is 0 Å². The molecule has 1 aromatic carbocycles. The molecule has 0 spiro atoms. The lowest BCUT2D eigenvalue weighted by Gasteiger charge is -2.11. The summed E-state index contributed by atoms with van der Waals surface area (Å²) in [6, 6.07) is 7.32. The second-order valence-corrected chi connectivity index (χ2v) is 6.04. The number of hydrogen-bond acceptors (Lipinski definition) is 4. The first kappa shape index (κ1) is 14.5. The quantitative estimate of drug-likeness (QED) is 0.921. The summed E-state index contributed by atoms with van der Waals surface area (Å²) in [6.07, 6.45) is 1.51. The highest BCUT2D eigenvalue weighted by Gasteiger charge is 2.28. The van der Waals surface area contributed by atoms with Gasteiger partial charge in [-0.3, -0.25) is 0 Å². The van der Waals surface area contributed by atoms with Gasteiger partial charge in [0.1, 0.15) is 5.76 Å². The molecule has 0 saturated heterocycles. The Hall–Kier alpha value is -1.89. The third kappa shape index (κ3) is 2.82. The lowest BCUT2D eigenvalue weighted by molar-refractivity contribution is 0.235. The van der Waals surface area contributed by atoms with Crippen LogP contribution in [0.2, 0.25) is 0 Å². The first-order chi connectivity index (χ1) is 9.43. The molecule has 7 heteroatoms. The van der Waals surface area contributed by atoms with E-state index in [0.717, 1.165) is 11.6 Å². The normalized spacial score (nSPS) is 11.8. The summed E-state index contributed by atoms with van der Waals surface area (Å²) in [5, 5.41) is 2.84. The van der Waals surface area contributed by atoms with Crippen molar-refractivity contribution in [2.24, 2.45) is 0 Å². The number of anilines is 1. The van der Waals surface area contributed by atoms with Crippen molar-refractivity contribution < 1.29 is 21.6 Å². The van der Waals surface area contributed by atoms with E-state index in [2.05, 4.69) is 5.32 Å². The van der Waals surface area contributed by atoms with Crippen molar-refractivity contribution in [2.45, 2.75) is 24.1 Å². The molecule has 1 aromatic heterocycles. The summed E-state index contributed by atoms with van der Waals surface area (Å²) in [4.78, 5) is -0.406. The van der Waals surface area contributed by atoms with E-state index in [4.69, 9.17) is 4.42 Å². The van der Waals surface area contributed by atoms with Crippen LogP contribution in [0.3, 0.4) is 0 Å². The van der Waals surface area contributed by atoms with Gasteiger partial charge in [-0.15, -0.1) is 0 Å². The Morgan fingerprint density at radius 3 is 2.55 bits per heavy atom. The maximum atomic E-state index is 12.6. The van der Waals surface area contributed by atoms with Gasteiger partial charge in [-0.2, -0.15) is 8.78 Å². The van der Waals surface area contributed by atoms with Crippen LogP contribution >= 0.6 is 0 Å². The first-order valence-electron chi connectivity index (χ1n) is 5.81. The predicted octanol–water partition coefficient (Wildman–Crippen LogP) is 3.20. The van der Waals surface area contributed by atoms with Crippen LogP contribution in [-0.4, -0.2) is 14.2 Å². The fraction of sp³-hybridized carbons (Fsp3) is 0.231. The number of nitrogens with one attached hydrogen (secondary N) is 1. The Bertz CT molecular complexity index is 695. The van der Waals surface area contributed by atoms with Gasteiger partial charge < -0.3 is 9.73 Å². The molecule has 0 fully saturated rings. The SMILES string of the molecule is Cc1occc1CNc1ccccc1S(=O)(=O)C(F)F. The molecule has 108 valence electrons. The van der Waals surface area contributed by atoms with Crippen LogP contribution in [0.25, 0.3) is 0 Å². The van der Waals surface area contributed by atoms with Crippen LogP contribution in [0.1, 0.15) is 11.3 Å². The van der Waals surface area contributed by atoms with Crippen molar-refractivity contribution in [3.8, 4) is 0 Å². The molecular weight excluding hydrogens is 288 g/mol. The summed E-state index contributed by atoms with van der Waals surface area (Å²) < 4.78 is 53.5. The Labute approximate surface area is 115 Å². The van der Waals surface area contributed by atoms with E-state index in [1.54, 1.807) is 19.1 Å². The maximum Gasteiger partial charge on any atom is 0.341 e. The van der Waals surface area contributed by atoms with E-state index in [-0.39, 0.29) is 12.2 Å². The van der Waals surface area contributed by atoms with Crippen LogP contribution in [0.15, 0.2) is 45.9 Å². The Morgan fingerprint density at radius 2 is 1.95 bits per heavy atom. The highest BCUT2D eigenvalue weighted by Crippen LogP contribution is 2.26. The van der Waals surface area contributed by atoms with Gasteiger partial charge in [0.25, 0.3) is 0 Å². The van der Waals surface area contributed by atoms with E-state index < -0.39 is 20.5 Å². The van der Waals surface area contributed by atoms with Crippen molar-refractivity contribution in [1.29, 1.82) is 0 Å². The molecule has 0 amide bonds. The standard InChI is InChI=1S/C13H13F2NO3S/c1-9-10(6-7-19-9)8-16-11-4-2-3-5-12(11)20(17,18)13(14)15/h2-7,13,16H,8H2,1H3. The molecule has 1 heterocycles. The minimum Gasteiger partial charge on any atom is -0.469 e. The van der Waals surface area contributed by atoms with Crippen LogP contribution in [0, 0.1) is 6.92 Å². The minimum absolute atomic E-state index is 0.147. The van der Waals surface area contributed by atoms with Crippen molar-refractivity contribution >= 4 is 15.5 Å². The molecule has 1 N–H and O–H groups in total.